The summed E-state index contributed by atoms with van der Waals surface area (Å²) < 4.78 is 5.77. The number of hydrogen-bond donors (Lipinski definition) is 0. The predicted molar refractivity (Wildman–Crippen MR) is 114 cm³/mol. The van der Waals surface area contributed by atoms with Crippen LogP contribution in [-0.2, 0) is 0 Å². The molecule has 142 valence electrons. The predicted octanol–water partition coefficient (Wildman–Crippen LogP) is 7.13. The van der Waals surface area contributed by atoms with E-state index in [1.807, 2.05) is 0 Å². The summed E-state index contributed by atoms with van der Waals surface area (Å²) in [5.41, 5.74) is 5.06. The number of rotatable bonds is 8. The number of methoxy groups -OCH3 is 1. The quantitative estimate of drug-likeness (QED) is 0.500. The van der Waals surface area contributed by atoms with E-state index in [4.69, 9.17) is 4.74 Å². The molecular formula is C24H35NO. The lowest BCUT2D eigenvalue weighted by molar-refractivity contribution is 0.414. The van der Waals surface area contributed by atoms with Crippen molar-refractivity contribution in [2.75, 3.05) is 18.6 Å². The van der Waals surface area contributed by atoms with Gasteiger partial charge in [0.25, 0.3) is 0 Å². The van der Waals surface area contributed by atoms with Crippen LogP contribution in [0.2, 0.25) is 0 Å². The zero-order chi connectivity index (χ0) is 19.3. The number of benzene rings is 2. The first-order valence-corrected chi connectivity index (χ1v) is 9.88. The first-order chi connectivity index (χ1) is 12.3. The van der Waals surface area contributed by atoms with Gasteiger partial charge in [-0.1, -0.05) is 59.7 Å². The number of ether oxygens (including phenoxy) is 1. The fraction of sp³-hybridized carbons (Fsp3) is 0.500. The van der Waals surface area contributed by atoms with Crippen molar-refractivity contribution in [3.63, 3.8) is 0 Å². The minimum Gasteiger partial charge on any atom is -0.495 e. The highest BCUT2D eigenvalue weighted by atomic mass is 16.5. The molecule has 0 saturated heterocycles. The molecule has 2 heteroatoms. The van der Waals surface area contributed by atoms with E-state index < -0.39 is 0 Å². The standard InChI is InChI=1S/C24H35NO/c1-17(2)14-15-25(22-11-8-20(9-12-22)18(3)4)23-13-10-21(19(5)6)16-24(23)26-7/h8-13,16-19H,14-15H2,1-7H3. The monoisotopic (exact) mass is 353 g/mol. The molecule has 0 aromatic heterocycles. The molecule has 0 heterocycles. The molecule has 0 unspecified atom stereocenters. The van der Waals surface area contributed by atoms with Gasteiger partial charge in [-0.05, 0) is 59.6 Å². The van der Waals surface area contributed by atoms with Gasteiger partial charge in [-0.2, -0.15) is 0 Å². The third-order valence-electron chi connectivity index (χ3n) is 4.96. The van der Waals surface area contributed by atoms with E-state index in [-0.39, 0.29) is 0 Å². The molecule has 0 aliphatic carbocycles. The zero-order valence-electron chi connectivity index (χ0n) is 17.5. The Labute approximate surface area is 160 Å². The maximum absolute atomic E-state index is 5.77. The van der Waals surface area contributed by atoms with Crippen LogP contribution in [0, 0.1) is 5.92 Å². The molecule has 2 aromatic carbocycles. The summed E-state index contributed by atoms with van der Waals surface area (Å²) in [4.78, 5) is 2.40. The topological polar surface area (TPSA) is 12.5 Å². The van der Waals surface area contributed by atoms with Gasteiger partial charge in [0.05, 0.1) is 12.8 Å². The lowest BCUT2D eigenvalue weighted by Crippen LogP contribution is -2.20. The minimum atomic E-state index is 0.493. The Morgan fingerprint density at radius 3 is 1.88 bits per heavy atom. The maximum Gasteiger partial charge on any atom is 0.142 e. The smallest absolute Gasteiger partial charge is 0.142 e. The third kappa shape index (κ3) is 5.03. The third-order valence-corrected chi connectivity index (χ3v) is 4.96. The Balaban J connectivity index is 2.44. The van der Waals surface area contributed by atoms with Gasteiger partial charge in [-0.25, -0.2) is 0 Å². The molecule has 0 spiro atoms. The van der Waals surface area contributed by atoms with Crippen LogP contribution in [0.25, 0.3) is 0 Å². The summed E-state index contributed by atoms with van der Waals surface area (Å²) in [6, 6.07) is 15.6. The number of hydrogen-bond acceptors (Lipinski definition) is 2. The van der Waals surface area contributed by atoms with Crippen molar-refractivity contribution >= 4 is 11.4 Å². The van der Waals surface area contributed by atoms with Crippen LogP contribution < -0.4 is 9.64 Å². The van der Waals surface area contributed by atoms with Gasteiger partial charge in [0.1, 0.15) is 5.75 Å². The molecule has 0 fully saturated rings. The van der Waals surface area contributed by atoms with Gasteiger partial charge in [-0.15, -0.1) is 0 Å². The average molecular weight is 354 g/mol. The van der Waals surface area contributed by atoms with Gasteiger partial charge in [-0.3, -0.25) is 0 Å². The SMILES string of the molecule is COc1cc(C(C)C)ccc1N(CCC(C)C)c1ccc(C(C)C)cc1. The van der Waals surface area contributed by atoms with E-state index in [1.54, 1.807) is 7.11 Å². The van der Waals surface area contributed by atoms with Crippen molar-refractivity contribution in [1.82, 2.24) is 0 Å². The summed E-state index contributed by atoms with van der Waals surface area (Å²) in [6.07, 6.45) is 1.14. The second-order valence-electron chi connectivity index (χ2n) is 8.17. The highest BCUT2D eigenvalue weighted by molar-refractivity contribution is 5.70. The van der Waals surface area contributed by atoms with Gasteiger partial charge >= 0.3 is 0 Å². The summed E-state index contributed by atoms with van der Waals surface area (Å²) in [7, 11) is 1.77. The fourth-order valence-corrected chi connectivity index (χ4v) is 3.09. The van der Waals surface area contributed by atoms with Crippen LogP contribution in [-0.4, -0.2) is 13.7 Å². The van der Waals surface area contributed by atoms with Gasteiger partial charge in [0.2, 0.25) is 0 Å². The molecule has 0 aliphatic rings. The van der Waals surface area contributed by atoms with Crippen LogP contribution in [0.4, 0.5) is 11.4 Å². The summed E-state index contributed by atoms with van der Waals surface area (Å²) in [5, 5.41) is 0. The Kier molecular flexibility index (Phi) is 7.14. The molecule has 0 N–H and O–H groups in total. The van der Waals surface area contributed by atoms with E-state index in [9.17, 15) is 0 Å². The normalized spacial score (nSPS) is 11.5. The molecule has 2 aromatic rings. The highest BCUT2D eigenvalue weighted by Crippen LogP contribution is 2.37. The molecule has 2 rings (SSSR count). The Morgan fingerprint density at radius 2 is 1.38 bits per heavy atom. The first-order valence-electron chi connectivity index (χ1n) is 9.88. The van der Waals surface area contributed by atoms with Gasteiger partial charge < -0.3 is 9.64 Å². The molecule has 26 heavy (non-hydrogen) atoms. The molecule has 0 bridgehead atoms. The zero-order valence-corrected chi connectivity index (χ0v) is 17.5. The average Bonchev–Trinajstić information content (AvgIpc) is 2.62. The van der Waals surface area contributed by atoms with E-state index in [0.29, 0.717) is 17.8 Å². The lowest BCUT2D eigenvalue weighted by Gasteiger charge is -2.28. The second-order valence-corrected chi connectivity index (χ2v) is 8.17. The summed E-state index contributed by atoms with van der Waals surface area (Å²) in [5.74, 6) is 2.65. The van der Waals surface area contributed by atoms with Crippen LogP contribution in [0.15, 0.2) is 42.5 Å². The van der Waals surface area contributed by atoms with E-state index in [0.717, 1.165) is 24.4 Å². The molecule has 0 radical (unpaired) electrons. The van der Waals surface area contributed by atoms with E-state index >= 15 is 0 Å². The summed E-state index contributed by atoms with van der Waals surface area (Å²) >= 11 is 0. The van der Waals surface area contributed by atoms with Gasteiger partial charge in [0, 0.05) is 12.2 Å². The number of nitrogens with zero attached hydrogens (tertiary/aromatic N) is 1. The van der Waals surface area contributed by atoms with Crippen molar-refractivity contribution in [1.29, 1.82) is 0 Å². The van der Waals surface area contributed by atoms with E-state index in [2.05, 4.69) is 88.9 Å². The minimum absolute atomic E-state index is 0.493. The van der Waals surface area contributed by atoms with Crippen LogP contribution in [0.5, 0.6) is 5.75 Å². The molecule has 0 amide bonds. The molecule has 0 aliphatic heterocycles. The lowest BCUT2D eigenvalue weighted by atomic mass is 10.0. The highest BCUT2D eigenvalue weighted by Gasteiger charge is 2.16. The summed E-state index contributed by atoms with van der Waals surface area (Å²) in [6.45, 7) is 14.4. The van der Waals surface area contributed by atoms with Crippen molar-refractivity contribution in [2.24, 2.45) is 5.92 Å². The maximum atomic E-state index is 5.77. The number of anilines is 2. The van der Waals surface area contributed by atoms with Crippen molar-refractivity contribution in [3.8, 4) is 5.75 Å². The second kappa shape index (κ2) is 9.12. The molecule has 2 nitrogen and oxygen atoms in total. The molecule has 0 atom stereocenters. The Hall–Kier alpha value is -1.96. The Morgan fingerprint density at radius 1 is 0.808 bits per heavy atom. The fourth-order valence-electron chi connectivity index (χ4n) is 3.09. The van der Waals surface area contributed by atoms with Crippen LogP contribution in [0.3, 0.4) is 0 Å². The van der Waals surface area contributed by atoms with Crippen LogP contribution >= 0.6 is 0 Å². The van der Waals surface area contributed by atoms with Crippen molar-refractivity contribution in [2.45, 2.75) is 59.8 Å². The largest absolute Gasteiger partial charge is 0.495 e. The van der Waals surface area contributed by atoms with Crippen molar-refractivity contribution < 1.29 is 4.74 Å². The van der Waals surface area contributed by atoms with Gasteiger partial charge in [0.15, 0.2) is 0 Å². The van der Waals surface area contributed by atoms with Crippen LogP contribution in [0.1, 0.15) is 70.9 Å². The van der Waals surface area contributed by atoms with E-state index in [1.165, 1.54) is 16.8 Å². The molecular weight excluding hydrogens is 318 g/mol. The Bertz CT molecular complexity index is 686. The first kappa shape index (κ1) is 20.4. The van der Waals surface area contributed by atoms with Crippen molar-refractivity contribution in [3.05, 3.63) is 53.6 Å². The molecule has 0 saturated carbocycles.